The molecule has 274 valence electrons. The zero-order valence-electron chi connectivity index (χ0n) is 32.1. The van der Waals surface area contributed by atoms with Gasteiger partial charge < -0.3 is 9.84 Å². The van der Waals surface area contributed by atoms with Crippen LogP contribution in [0.3, 0.4) is 0 Å². The third-order valence-corrected chi connectivity index (χ3v) is 15.7. The van der Waals surface area contributed by atoms with E-state index in [1.165, 1.54) is 5.57 Å². The topological polar surface area (TPSA) is 111 Å². The molecule has 7 nitrogen and oxygen atoms in total. The maximum Gasteiger partial charge on any atom is 0.309 e. The smallest absolute Gasteiger partial charge is 0.309 e. The largest absolute Gasteiger partial charge is 0.481 e. The van der Waals surface area contributed by atoms with Crippen LogP contribution in [0.2, 0.25) is 0 Å². The van der Waals surface area contributed by atoms with Crippen molar-refractivity contribution in [1.29, 1.82) is 0 Å². The van der Waals surface area contributed by atoms with Crippen LogP contribution in [0, 0.1) is 56.2 Å². The Morgan fingerprint density at radius 1 is 0.960 bits per heavy atom. The van der Waals surface area contributed by atoms with Crippen LogP contribution in [0.4, 0.5) is 0 Å². The highest BCUT2D eigenvalue weighted by Gasteiger charge is 2.70. The van der Waals surface area contributed by atoms with Crippen LogP contribution in [-0.2, 0) is 30.3 Å². The number of ketones is 2. The van der Waals surface area contributed by atoms with E-state index in [4.69, 9.17) is 4.74 Å². The lowest BCUT2D eigenvalue weighted by molar-refractivity contribution is -0.233. The molecule has 0 unspecified atom stereocenters. The summed E-state index contributed by atoms with van der Waals surface area (Å²) in [6.07, 6.45) is 12.3. The molecular weight excluding hydrogens is 626 g/mol. The number of carbonyl (C=O) groups is 4. The number of fused-ring (bicyclic) bond motifs is 7. The summed E-state index contributed by atoms with van der Waals surface area (Å²) in [5.74, 6) is 0.165. The minimum Gasteiger partial charge on any atom is -0.481 e. The number of carbonyl (C=O) groups excluding carboxylic acids is 3. The summed E-state index contributed by atoms with van der Waals surface area (Å²) in [7, 11) is 0. The lowest BCUT2D eigenvalue weighted by atomic mass is 9.33. The van der Waals surface area contributed by atoms with E-state index < -0.39 is 22.8 Å². The van der Waals surface area contributed by atoms with Crippen LogP contribution in [0.15, 0.2) is 35.7 Å². The highest BCUT2D eigenvalue weighted by Crippen LogP contribution is 2.77. The zero-order valence-corrected chi connectivity index (χ0v) is 32.1. The lowest BCUT2D eigenvalue weighted by Crippen LogP contribution is -2.66. The van der Waals surface area contributed by atoms with E-state index in [0.717, 1.165) is 62.5 Å². The van der Waals surface area contributed by atoms with E-state index in [9.17, 15) is 24.3 Å². The first-order chi connectivity index (χ1) is 23.2. The molecule has 1 heterocycles. The Hall–Kier alpha value is -2.83. The van der Waals surface area contributed by atoms with Crippen LogP contribution >= 0.6 is 0 Å². The van der Waals surface area contributed by atoms with Gasteiger partial charge in [0.05, 0.1) is 17.3 Å². The van der Waals surface area contributed by atoms with Gasteiger partial charge in [-0.05, 0) is 134 Å². The number of carboxylic acids is 1. The number of esters is 1. The fourth-order valence-electron chi connectivity index (χ4n) is 12.8. The number of aromatic nitrogens is 1. The number of Topliss-reactive ketones (excluding diaryl/α,β-unsaturated/α-hetero) is 2. The Labute approximate surface area is 299 Å². The van der Waals surface area contributed by atoms with Crippen LogP contribution in [0.25, 0.3) is 0 Å². The van der Waals surface area contributed by atoms with Crippen molar-refractivity contribution in [3.05, 3.63) is 41.2 Å². The monoisotopic (exact) mass is 687 g/mol. The average Bonchev–Trinajstić information content (AvgIpc) is 3.35. The highest BCUT2D eigenvalue weighted by atomic mass is 16.5. The van der Waals surface area contributed by atoms with E-state index in [1.807, 2.05) is 18.3 Å². The molecule has 6 rings (SSSR count). The molecule has 5 aliphatic carbocycles. The van der Waals surface area contributed by atoms with Crippen molar-refractivity contribution in [1.82, 2.24) is 4.98 Å². The molecule has 5 aliphatic rings. The predicted molar refractivity (Wildman–Crippen MR) is 193 cm³/mol. The number of ether oxygens (including phenoxy) is 1. The molecule has 4 fully saturated rings. The van der Waals surface area contributed by atoms with Crippen molar-refractivity contribution in [3.63, 3.8) is 0 Å². The summed E-state index contributed by atoms with van der Waals surface area (Å²) in [4.78, 5) is 57.5. The first kappa shape index (κ1) is 36.9. The molecule has 0 spiro atoms. The second-order valence-electron chi connectivity index (χ2n) is 19.3. The van der Waals surface area contributed by atoms with Gasteiger partial charge in [-0.2, -0.15) is 0 Å². The van der Waals surface area contributed by atoms with E-state index in [2.05, 4.69) is 53.5 Å². The zero-order chi connectivity index (χ0) is 36.7. The third kappa shape index (κ3) is 5.45. The van der Waals surface area contributed by atoms with Gasteiger partial charge in [0.1, 0.15) is 11.9 Å². The summed E-state index contributed by atoms with van der Waals surface area (Å²) < 4.78 is 6.15. The Kier molecular flexibility index (Phi) is 9.16. The number of aliphatic carboxylic acids is 1. The molecule has 0 aliphatic heterocycles. The minimum absolute atomic E-state index is 0.0347. The molecule has 7 heteroatoms. The van der Waals surface area contributed by atoms with E-state index >= 15 is 0 Å². The van der Waals surface area contributed by atoms with Crippen molar-refractivity contribution < 1.29 is 29.0 Å². The third-order valence-electron chi connectivity index (χ3n) is 15.7. The van der Waals surface area contributed by atoms with Crippen LogP contribution in [0.5, 0.6) is 0 Å². The number of carboxylic acid groups (broad SMARTS) is 1. The number of rotatable bonds is 9. The number of allylic oxidation sites excluding steroid dienone is 2. The van der Waals surface area contributed by atoms with Gasteiger partial charge in [0.25, 0.3) is 0 Å². The van der Waals surface area contributed by atoms with Crippen molar-refractivity contribution in [2.24, 2.45) is 56.2 Å². The molecule has 0 saturated heterocycles. The summed E-state index contributed by atoms with van der Waals surface area (Å²) in [6.45, 7) is 19.5. The Morgan fingerprint density at radius 2 is 1.68 bits per heavy atom. The molecule has 0 radical (unpaired) electrons. The van der Waals surface area contributed by atoms with Crippen molar-refractivity contribution in [2.45, 2.75) is 145 Å². The molecule has 1 aromatic heterocycles. The number of hydrogen-bond donors (Lipinski definition) is 1. The molecule has 4 saturated carbocycles. The predicted octanol–water partition coefficient (Wildman–Crippen LogP) is 8.98. The molecule has 0 aromatic carbocycles. The first-order valence-electron chi connectivity index (χ1n) is 19.4. The Balaban J connectivity index is 1.29. The summed E-state index contributed by atoms with van der Waals surface area (Å²) in [5.41, 5.74) is 1.21. The minimum atomic E-state index is -1.17. The van der Waals surface area contributed by atoms with Gasteiger partial charge in [-0.25, -0.2) is 0 Å². The average molecular weight is 688 g/mol. The highest BCUT2D eigenvalue weighted by molar-refractivity contribution is 6.07. The SMILES string of the molecule is CC(C)C1=C2[C@H]3CC[C@@H]4[C@@]5(C)CC[C@H](OC(=O)CC(C)(C)C(=O)O)C(C)(C)[C@@H]5CC[C@@]4(C)[C@]3(C)CC[C@@]2(C(=O)CCc2cccnc2)CC1=O. The van der Waals surface area contributed by atoms with Crippen molar-refractivity contribution >= 4 is 23.5 Å². The fourth-order valence-corrected chi connectivity index (χ4v) is 12.8. The maximum absolute atomic E-state index is 14.5. The Morgan fingerprint density at radius 3 is 2.32 bits per heavy atom. The van der Waals surface area contributed by atoms with Crippen molar-refractivity contribution in [2.75, 3.05) is 0 Å². The van der Waals surface area contributed by atoms with Gasteiger partial charge in [-0.15, -0.1) is 0 Å². The van der Waals surface area contributed by atoms with Crippen molar-refractivity contribution in [3.8, 4) is 0 Å². The van der Waals surface area contributed by atoms with E-state index in [0.29, 0.717) is 31.1 Å². The molecule has 8 atom stereocenters. The fraction of sp³-hybridized carbons (Fsp3) is 0.744. The molecule has 0 bridgehead atoms. The van der Waals surface area contributed by atoms with E-state index in [1.54, 1.807) is 20.0 Å². The van der Waals surface area contributed by atoms with Gasteiger partial charge in [0.15, 0.2) is 5.78 Å². The van der Waals surface area contributed by atoms with Crippen LogP contribution in [0.1, 0.15) is 139 Å². The normalized spacial score (nSPS) is 37.8. The Bertz CT molecular complexity index is 1590. The molecule has 0 amide bonds. The van der Waals surface area contributed by atoms with E-state index in [-0.39, 0.29) is 57.6 Å². The van der Waals surface area contributed by atoms with Crippen LogP contribution in [-0.4, -0.2) is 39.7 Å². The summed E-state index contributed by atoms with van der Waals surface area (Å²) in [6, 6.07) is 3.95. The lowest BCUT2D eigenvalue weighted by Gasteiger charge is -2.72. The summed E-state index contributed by atoms with van der Waals surface area (Å²) in [5, 5.41) is 9.59. The number of nitrogens with zero attached hydrogens (tertiary/aromatic N) is 1. The van der Waals surface area contributed by atoms with Gasteiger partial charge in [-0.1, -0.05) is 54.5 Å². The van der Waals surface area contributed by atoms with Gasteiger partial charge in [0, 0.05) is 30.7 Å². The second kappa shape index (κ2) is 12.4. The number of hydrogen-bond acceptors (Lipinski definition) is 6. The van der Waals surface area contributed by atoms with Gasteiger partial charge in [-0.3, -0.25) is 24.2 Å². The molecule has 1 aromatic rings. The molecular formula is C43H61NO6. The number of pyridine rings is 1. The standard InChI is InChI=1S/C43H61NO6/c1-26(2)35-29(45)23-43(32(46)15-12-27-11-10-22-44-25-27)21-20-41(8)28(36(35)43)13-14-31-40(7)18-17-33(50-34(47)24-38(3,4)37(48)49)39(5,6)30(40)16-19-42(31,41)9/h10-11,22,25-26,28,30-31,33H,12-21,23-24H2,1-9H3,(H,48,49)/t28-,30+,31-,33+,40+,41-,42-,43+/m1/s1. The maximum atomic E-state index is 14.5. The van der Waals surface area contributed by atoms with Crippen LogP contribution < -0.4 is 0 Å². The number of aryl methyl sites for hydroxylation is 1. The van der Waals surface area contributed by atoms with Gasteiger partial charge >= 0.3 is 11.9 Å². The molecule has 50 heavy (non-hydrogen) atoms. The summed E-state index contributed by atoms with van der Waals surface area (Å²) >= 11 is 0. The van der Waals surface area contributed by atoms with Gasteiger partial charge in [0.2, 0.25) is 0 Å². The first-order valence-corrected chi connectivity index (χ1v) is 19.4. The quantitative estimate of drug-likeness (QED) is 0.258. The second-order valence-corrected chi connectivity index (χ2v) is 19.3. The molecule has 1 N–H and O–H groups in total.